The van der Waals surface area contributed by atoms with Crippen LogP contribution in [0.15, 0.2) is 30.4 Å². The first-order chi connectivity index (χ1) is 13.1. The van der Waals surface area contributed by atoms with E-state index in [0.717, 1.165) is 37.9 Å². The second kappa shape index (κ2) is 9.24. The number of rotatable bonds is 1. The van der Waals surface area contributed by atoms with Crippen LogP contribution in [0.3, 0.4) is 0 Å². The molecule has 27 heavy (non-hydrogen) atoms. The summed E-state index contributed by atoms with van der Waals surface area (Å²) in [6, 6.07) is 4.44. The van der Waals surface area contributed by atoms with Crippen molar-refractivity contribution < 1.29 is 19.1 Å². The minimum atomic E-state index is -0.749. The molecule has 4 rings (SSSR count). The third kappa shape index (κ3) is 5.02. The molecule has 2 atom stereocenters. The van der Waals surface area contributed by atoms with E-state index >= 15 is 0 Å². The minimum Gasteiger partial charge on any atom is -0.488 e. The molecule has 1 fully saturated rings. The summed E-state index contributed by atoms with van der Waals surface area (Å²) in [6.07, 6.45) is 6.94. The molecule has 3 aliphatic heterocycles. The molecular formula is C20H25ClN2O4. The van der Waals surface area contributed by atoms with Crippen molar-refractivity contribution in [1.82, 2.24) is 10.2 Å². The van der Waals surface area contributed by atoms with Crippen molar-refractivity contribution >= 4 is 23.5 Å². The summed E-state index contributed by atoms with van der Waals surface area (Å²) in [5.74, 6) is 0.00819. The number of carbonyl (C=O) groups is 2. The zero-order chi connectivity index (χ0) is 19.2. The number of fused-ring (bicyclic) bond motifs is 9. The summed E-state index contributed by atoms with van der Waals surface area (Å²) < 4.78 is 10.6. The summed E-state index contributed by atoms with van der Waals surface area (Å²) in [6.45, 7) is 2.13. The minimum absolute atomic E-state index is 0.120. The van der Waals surface area contributed by atoms with Crippen molar-refractivity contribution in [3.63, 3.8) is 0 Å². The van der Waals surface area contributed by atoms with Crippen molar-refractivity contribution in [2.45, 2.75) is 37.8 Å². The van der Waals surface area contributed by atoms with E-state index in [1.54, 1.807) is 12.1 Å². The topological polar surface area (TPSA) is 67.9 Å². The highest BCUT2D eigenvalue weighted by molar-refractivity contribution is 6.32. The van der Waals surface area contributed by atoms with Gasteiger partial charge in [-0.2, -0.15) is 0 Å². The van der Waals surface area contributed by atoms with Gasteiger partial charge in [-0.3, -0.25) is 9.69 Å². The number of amides is 1. The number of nitrogens with one attached hydrogen (secondary N) is 1. The molecule has 1 aromatic rings. The van der Waals surface area contributed by atoms with Gasteiger partial charge < -0.3 is 14.8 Å². The maximum Gasteiger partial charge on any atom is 0.328 e. The zero-order valence-corrected chi connectivity index (χ0v) is 16.2. The molecule has 1 N–H and O–H groups in total. The molecular weight excluding hydrogens is 368 g/mol. The first-order valence-electron chi connectivity index (χ1n) is 9.27. The number of benzene rings is 1. The Kier molecular flexibility index (Phi) is 6.74. The predicted molar refractivity (Wildman–Crippen MR) is 103 cm³/mol. The summed E-state index contributed by atoms with van der Waals surface area (Å²) in [5.41, 5.74) is 0.828. The van der Waals surface area contributed by atoms with Gasteiger partial charge in [-0.25, -0.2) is 4.79 Å². The quantitative estimate of drug-likeness (QED) is 0.587. The lowest BCUT2D eigenvalue weighted by Crippen LogP contribution is -2.50. The fraction of sp³-hybridized carbons (Fsp3) is 0.500. The van der Waals surface area contributed by atoms with Crippen LogP contribution in [0.1, 0.15) is 24.8 Å². The van der Waals surface area contributed by atoms with E-state index in [1.807, 2.05) is 12.1 Å². The van der Waals surface area contributed by atoms with E-state index in [9.17, 15) is 9.59 Å². The highest BCUT2D eigenvalue weighted by atomic mass is 35.5. The molecule has 1 aromatic carbocycles. The van der Waals surface area contributed by atoms with Gasteiger partial charge in [0, 0.05) is 13.0 Å². The van der Waals surface area contributed by atoms with Crippen LogP contribution in [0.4, 0.5) is 0 Å². The van der Waals surface area contributed by atoms with Crippen LogP contribution in [-0.4, -0.2) is 55.7 Å². The molecule has 0 aromatic heterocycles. The van der Waals surface area contributed by atoms with Crippen molar-refractivity contribution in [3.8, 4) is 5.75 Å². The van der Waals surface area contributed by atoms with E-state index in [-0.39, 0.29) is 11.9 Å². The smallest absolute Gasteiger partial charge is 0.328 e. The number of esters is 1. The Morgan fingerprint density at radius 1 is 1.33 bits per heavy atom. The Labute approximate surface area is 164 Å². The summed E-state index contributed by atoms with van der Waals surface area (Å²) in [5, 5.41) is 3.36. The number of hydrogen-bond donors (Lipinski definition) is 1. The monoisotopic (exact) mass is 392 g/mol. The van der Waals surface area contributed by atoms with Gasteiger partial charge in [0.2, 0.25) is 5.91 Å². The van der Waals surface area contributed by atoms with Crippen LogP contribution in [0.25, 0.3) is 0 Å². The van der Waals surface area contributed by atoms with Crippen molar-refractivity contribution in [3.05, 3.63) is 40.9 Å². The standard InChI is InChI=1S/C20H25ClN2O4/c1-26-20(25)16-13-14-7-8-18(15(21)12-14)27-11-4-2-3-9-23-10-5-6-17(23)19(24)22-16/h2,4,7-8,12,16-17H,3,5-6,9-11,13H2,1H3,(H,22,24)/b4-2+/t16-,17?/m0/s1. The Morgan fingerprint density at radius 2 is 2.19 bits per heavy atom. The maximum absolute atomic E-state index is 12.8. The van der Waals surface area contributed by atoms with Crippen molar-refractivity contribution in [2.75, 3.05) is 26.8 Å². The molecule has 7 heteroatoms. The molecule has 3 aliphatic rings. The number of nitrogens with zero attached hydrogens (tertiary/aromatic N) is 1. The predicted octanol–water partition coefficient (Wildman–Crippen LogP) is 2.34. The van der Waals surface area contributed by atoms with Crippen LogP contribution in [0.2, 0.25) is 5.02 Å². The Morgan fingerprint density at radius 3 is 2.96 bits per heavy atom. The third-order valence-electron chi connectivity index (χ3n) is 4.99. The Hall–Kier alpha value is -2.05. The number of ether oxygens (including phenoxy) is 2. The van der Waals surface area contributed by atoms with E-state index in [2.05, 4.69) is 16.3 Å². The molecule has 1 amide bonds. The Bertz CT molecular complexity index is 722. The molecule has 0 radical (unpaired) electrons. The summed E-state index contributed by atoms with van der Waals surface area (Å²) >= 11 is 6.30. The highest BCUT2D eigenvalue weighted by Crippen LogP contribution is 2.26. The number of carbonyl (C=O) groups excluding carboxylic acids is 2. The maximum atomic E-state index is 12.8. The molecule has 1 saturated heterocycles. The fourth-order valence-electron chi connectivity index (χ4n) is 3.58. The average Bonchev–Trinajstić information content (AvgIpc) is 3.12. The van der Waals surface area contributed by atoms with Crippen LogP contribution in [0.5, 0.6) is 5.75 Å². The molecule has 2 bridgehead atoms. The van der Waals surface area contributed by atoms with Crippen molar-refractivity contribution in [1.29, 1.82) is 0 Å². The van der Waals surface area contributed by atoms with Gasteiger partial charge >= 0.3 is 5.97 Å². The van der Waals surface area contributed by atoms with Gasteiger partial charge in [-0.05, 0) is 43.5 Å². The van der Waals surface area contributed by atoms with Crippen LogP contribution in [-0.2, 0) is 20.7 Å². The molecule has 3 heterocycles. The fourth-order valence-corrected chi connectivity index (χ4v) is 3.84. The molecule has 6 nitrogen and oxygen atoms in total. The van der Waals surface area contributed by atoms with Gasteiger partial charge in [0.1, 0.15) is 18.4 Å². The summed E-state index contributed by atoms with van der Waals surface area (Å²) in [7, 11) is 1.33. The van der Waals surface area contributed by atoms with Gasteiger partial charge in [-0.15, -0.1) is 0 Å². The molecule has 1 unspecified atom stereocenters. The molecule has 146 valence electrons. The Balaban J connectivity index is 1.85. The van der Waals surface area contributed by atoms with Gasteiger partial charge in [0.05, 0.1) is 18.2 Å². The number of methoxy groups -OCH3 is 1. The first-order valence-corrected chi connectivity index (χ1v) is 9.64. The van der Waals surface area contributed by atoms with Crippen LogP contribution >= 0.6 is 11.6 Å². The first kappa shape index (κ1) is 19.7. The SMILES string of the molecule is COC(=O)[C@@H]1Cc2ccc(c(Cl)c2)OC/C=C/CCN2CCCC2C(=O)N1. The molecule has 0 spiro atoms. The van der Waals surface area contributed by atoms with E-state index < -0.39 is 12.0 Å². The van der Waals surface area contributed by atoms with Crippen LogP contribution in [0, 0.1) is 0 Å². The van der Waals surface area contributed by atoms with Crippen LogP contribution < -0.4 is 10.1 Å². The van der Waals surface area contributed by atoms with Gasteiger partial charge in [0.15, 0.2) is 0 Å². The largest absolute Gasteiger partial charge is 0.488 e. The van der Waals surface area contributed by atoms with Crippen molar-refractivity contribution in [2.24, 2.45) is 0 Å². The van der Waals surface area contributed by atoms with E-state index in [0.29, 0.717) is 23.8 Å². The second-order valence-corrected chi connectivity index (χ2v) is 7.23. The number of halogens is 1. The lowest BCUT2D eigenvalue weighted by Gasteiger charge is -2.25. The third-order valence-corrected chi connectivity index (χ3v) is 5.28. The lowest BCUT2D eigenvalue weighted by molar-refractivity contribution is -0.145. The van der Waals surface area contributed by atoms with E-state index in [4.69, 9.17) is 21.1 Å². The molecule has 0 saturated carbocycles. The van der Waals surface area contributed by atoms with Gasteiger partial charge in [-0.1, -0.05) is 29.8 Å². The van der Waals surface area contributed by atoms with Gasteiger partial charge in [0.25, 0.3) is 0 Å². The summed E-state index contributed by atoms with van der Waals surface area (Å²) in [4.78, 5) is 27.2. The normalized spacial score (nSPS) is 25.3. The highest BCUT2D eigenvalue weighted by Gasteiger charge is 2.33. The van der Waals surface area contributed by atoms with E-state index in [1.165, 1.54) is 7.11 Å². The average molecular weight is 393 g/mol. The second-order valence-electron chi connectivity index (χ2n) is 6.82. The molecule has 0 aliphatic carbocycles. The lowest BCUT2D eigenvalue weighted by atomic mass is 10.0. The zero-order valence-electron chi connectivity index (χ0n) is 15.4. The number of hydrogen-bond acceptors (Lipinski definition) is 5.